The van der Waals surface area contributed by atoms with Crippen LogP contribution in [-0.2, 0) is 11.3 Å². The molecule has 20 heavy (non-hydrogen) atoms. The maximum Gasteiger partial charge on any atom is 0.0988 e. The minimum Gasteiger partial charge on any atom is -0.394 e. The molecule has 0 bridgehead atoms. The first-order valence-corrected chi connectivity index (χ1v) is 7.71. The first-order valence-electron chi connectivity index (χ1n) is 6.92. The summed E-state index contributed by atoms with van der Waals surface area (Å²) in [7, 11) is 1.94. The van der Waals surface area contributed by atoms with Gasteiger partial charge in [0.2, 0.25) is 0 Å². The normalized spacial score (nSPS) is 22.1. The first-order chi connectivity index (χ1) is 9.45. The Hall–Kier alpha value is -0.620. The van der Waals surface area contributed by atoms with Crippen molar-refractivity contribution >= 4 is 21.6 Å². The van der Waals surface area contributed by atoms with E-state index < -0.39 is 0 Å². The van der Waals surface area contributed by atoms with Gasteiger partial charge in [0.15, 0.2) is 0 Å². The van der Waals surface area contributed by atoms with E-state index in [1.54, 1.807) is 0 Å². The number of benzene rings is 1. The third kappa shape index (κ3) is 3.73. The van der Waals surface area contributed by atoms with Crippen molar-refractivity contribution in [1.29, 1.82) is 0 Å². The summed E-state index contributed by atoms with van der Waals surface area (Å²) in [5, 5.41) is 12.5. The van der Waals surface area contributed by atoms with Gasteiger partial charge in [0.1, 0.15) is 0 Å². The smallest absolute Gasteiger partial charge is 0.0988 e. The molecule has 1 aromatic carbocycles. The van der Waals surface area contributed by atoms with Crippen LogP contribution in [0.15, 0.2) is 22.7 Å². The molecule has 1 fully saturated rings. The Morgan fingerprint density at radius 2 is 2.25 bits per heavy atom. The molecule has 1 heterocycles. The summed E-state index contributed by atoms with van der Waals surface area (Å²) in [5.74, 6) is 0. The lowest BCUT2D eigenvalue weighted by Gasteiger charge is -2.43. The lowest BCUT2D eigenvalue weighted by atomic mass is 10.0. The van der Waals surface area contributed by atoms with Crippen molar-refractivity contribution in [3.05, 3.63) is 28.2 Å². The highest BCUT2D eigenvalue weighted by molar-refractivity contribution is 9.10. The molecule has 1 atom stereocenters. The van der Waals surface area contributed by atoms with Crippen molar-refractivity contribution < 1.29 is 9.84 Å². The second kappa shape index (κ2) is 6.43. The summed E-state index contributed by atoms with van der Waals surface area (Å²) in [6.45, 7) is 6.56. The van der Waals surface area contributed by atoms with Gasteiger partial charge in [-0.15, -0.1) is 0 Å². The van der Waals surface area contributed by atoms with Gasteiger partial charge in [-0.2, -0.15) is 0 Å². The van der Waals surface area contributed by atoms with Crippen LogP contribution in [0.3, 0.4) is 0 Å². The fourth-order valence-electron chi connectivity index (χ4n) is 2.65. The van der Waals surface area contributed by atoms with Crippen LogP contribution in [-0.4, -0.2) is 43.6 Å². The standard InChI is InChI=1S/C15H23BrN2O2/c1-15(2)10-18(8-13(9-19)20-15)12-5-4-11(7-17-3)14(16)6-12/h4-6,13,17,19H,7-10H2,1-3H3. The van der Waals surface area contributed by atoms with Crippen LogP contribution in [0.1, 0.15) is 19.4 Å². The number of nitrogens with one attached hydrogen (secondary N) is 1. The van der Waals surface area contributed by atoms with Gasteiger partial charge in [-0.05, 0) is 38.6 Å². The zero-order chi connectivity index (χ0) is 14.8. The number of nitrogens with zero attached hydrogens (tertiary/aromatic N) is 1. The molecular weight excluding hydrogens is 320 g/mol. The van der Waals surface area contributed by atoms with Gasteiger partial charge in [0, 0.05) is 29.8 Å². The van der Waals surface area contributed by atoms with E-state index in [0.717, 1.165) is 29.8 Å². The number of ether oxygens (including phenoxy) is 1. The fourth-order valence-corrected chi connectivity index (χ4v) is 3.16. The number of halogens is 1. The summed E-state index contributed by atoms with van der Waals surface area (Å²) in [6.07, 6.45) is -0.130. The van der Waals surface area contributed by atoms with Gasteiger partial charge in [0.05, 0.1) is 18.3 Å². The number of morpholine rings is 1. The quantitative estimate of drug-likeness (QED) is 0.879. The Bertz CT molecular complexity index is 465. The minimum atomic E-state index is -0.248. The number of aliphatic hydroxyl groups excluding tert-OH is 1. The summed E-state index contributed by atoms with van der Waals surface area (Å²) < 4.78 is 6.96. The van der Waals surface area contributed by atoms with Gasteiger partial charge in [-0.3, -0.25) is 0 Å². The summed E-state index contributed by atoms with van der Waals surface area (Å²) >= 11 is 3.63. The third-order valence-electron chi connectivity index (χ3n) is 3.45. The lowest BCUT2D eigenvalue weighted by molar-refractivity contribution is -0.101. The zero-order valence-electron chi connectivity index (χ0n) is 12.3. The van der Waals surface area contributed by atoms with Crippen LogP contribution in [0.2, 0.25) is 0 Å². The number of anilines is 1. The Kier molecular flexibility index (Phi) is 5.07. The molecule has 0 spiro atoms. The lowest BCUT2D eigenvalue weighted by Crippen LogP contribution is -2.54. The van der Waals surface area contributed by atoms with E-state index >= 15 is 0 Å². The Labute approximate surface area is 129 Å². The molecule has 1 aromatic rings. The van der Waals surface area contributed by atoms with E-state index in [-0.39, 0.29) is 18.3 Å². The van der Waals surface area contributed by atoms with Crippen LogP contribution in [0.5, 0.6) is 0 Å². The van der Waals surface area contributed by atoms with E-state index in [1.807, 2.05) is 7.05 Å². The Morgan fingerprint density at radius 3 is 2.85 bits per heavy atom. The molecule has 0 aromatic heterocycles. The van der Waals surface area contributed by atoms with E-state index in [0.29, 0.717) is 0 Å². The van der Waals surface area contributed by atoms with Crippen molar-refractivity contribution in [3.63, 3.8) is 0 Å². The van der Waals surface area contributed by atoms with Crippen molar-refractivity contribution in [2.24, 2.45) is 0 Å². The molecule has 2 rings (SSSR count). The molecule has 1 aliphatic rings. The maximum atomic E-state index is 9.39. The van der Waals surface area contributed by atoms with Gasteiger partial charge in [0.25, 0.3) is 0 Å². The number of rotatable bonds is 4. The predicted octanol–water partition coefficient (Wildman–Crippen LogP) is 2.14. The topological polar surface area (TPSA) is 44.7 Å². The first kappa shape index (κ1) is 15.8. The average Bonchev–Trinajstić information content (AvgIpc) is 2.39. The van der Waals surface area contributed by atoms with Crippen LogP contribution < -0.4 is 10.2 Å². The molecule has 4 nitrogen and oxygen atoms in total. The van der Waals surface area contributed by atoms with E-state index in [4.69, 9.17) is 4.74 Å². The van der Waals surface area contributed by atoms with Crippen molar-refractivity contribution in [1.82, 2.24) is 5.32 Å². The molecule has 5 heteroatoms. The van der Waals surface area contributed by atoms with Gasteiger partial charge in [-0.25, -0.2) is 0 Å². The predicted molar refractivity (Wildman–Crippen MR) is 85.2 cm³/mol. The van der Waals surface area contributed by atoms with Crippen molar-refractivity contribution in [2.45, 2.75) is 32.1 Å². The summed E-state index contributed by atoms with van der Waals surface area (Å²) in [5.41, 5.74) is 2.15. The molecule has 1 saturated heterocycles. The SMILES string of the molecule is CNCc1ccc(N2CC(CO)OC(C)(C)C2)cc1Br. The Balaban J connectivity index is 2.20. The van der Waals surface area contributed by atoms with E-state index in [9.17, 15) is 5.11 Å². The number of hydrogen-bond donors (Lipinski definition) is 2. The average molecular weight is 343 g/mol. The third-order valence-corrected chi connectivity index (χ3v) is 4.19. The van der Waals surface area contributed by atoms with Gasteiger partial charge in [-0.1, -0.05) is 22.0 Å². The van der Waals surface area contributed by atoms with Crippen LogP contribution in [0.25, 0.3) is 0 Å². The van der Waals surface area contributed by atoms with Crippen molar-refractivity contribution in [2.75, 3.05) is 31.6 Å². The monoisotopic (exact) mass is 342 g/mol. The molecule has 2 N–H and O–H groups in total. The molecular formula is C15H23BrN2O2. The second-order valence-electron chi connectivity index (χ2n) is 5.87. The minimum absolute atomic E-state index is 0.0545. The summed E-state index contributed by atoms with van der Waals surface area (Å²) in [6, 6.07) is 6.40. The molecule has 0 aliphatic carbocycles. The van der Waals surface area contributed by atoms with E-state index in [2.05, 4.69) is 58.2 Å². The molecule has 1 aliphatic heterocycles. The van der Waals surface area contributed by atoms with E-state index in [1.165, 1.54) is 5.56 Å². The zero-order valence-corrected chi connectivity index (χ0v) is 13.9. The molecule has 0 amide bonds. The van der Waals surface area contributed by atoms with Crippen molar-refractivity contribution in [3.8, 4) is 0 Å². The molecule has 112 valence electrons. The molecule has 0 radical (unpaired) electrons. The maximum absolute atomic E-state index is 9.39. The highest BCUT2D eigenvalue weighted by Gasteiger charge is 2.33. The molecule has 0 saturated carbocycles. The van der Waals surface area contributed by atoms with Crippen LogP contribution in [0.4, 0.5) is 5.69 Å². The fraction of sp³-hybridized carbons (Fsp3) is 0.600. The molecule has 1 unspecified atom stereocenters. The number of aliphatic hydroxyl groups is 1. The van der Waals surface area contributed by atoms with Gasteiger partial charge < -0.3 is 20.1 Å². The highest BCUT2D eigenvalue weighted by atomic mass is 79.9. The highest BCUT2D eigenvalue weighted by Crippen LogP contribution is 2.29. The second-order valence-corrected chi connectivity index (χ2v) is 6.72. The number of hydrogen-bond acceptors (Lipinski definition) is 4. The summed E-state index contributed by atoms with van der Waals surface area (Å²) in [4.78, 5) is 2.28. The Morgan fingerprint density at radius 1 is 1.50 bits per heavy atom. The van der Waals surface area contributed by atoms with Crippen LogP contribution >= 0.6 is 15.9 Å². The largest absolute Gasteiger partial charge is 0.394 e. The van der Waals surface area contributed by atoms with Gasteiger partial charge >= 0.3 is 0 Å². The van der Waals surface area contributed by atoms with Crippen LogP contribution in [0, 0.1) is 0 Å².